The van der Waals surface area contributed by atoms with Crippen LogP contribution in [-0.4, -0.2) is 16.1 Å². The fourth-order valence-corrected chi connectivity index (χ4v) is 4.04. The summed E-state index contributed by atoms with van der Waals surface area (Å²) in [5.41, 5.74) is 5.09. The van der Waals surface area contributed by atoms with Crippen molar-refractivity contribution in [3.05, 3.63) is 64.5 Å². The minimum absolute atomic E-state index is 0.132. The van der Waals surface area contributed by atoms with Gasteiger partial charge in [0, 0.05) is 26.7 Å². The molecule has 0 aliphatic rings. The largest absolute Gasteiger partial charge is 0.298 e. The number of hydrogen-bond acceptors (Lipinski definition) is 4. The fraction of sp³-hybridized carbons (Fsp3) is 0.238. The first-order chi connectivity index (χ1) is 12.4. The number of carbonyl (C=O) groups is 1. The van der Waals surface area contributed by atoms with Gasteiger partial charge in [-0.05, 0) is 55.3 Å². The van der Waals surface area contributed by atoms with Gasteiger partial charge in [-0.1, -0.05) is 26.0 Å². The number of amides is 1. The number of benzene rings is 2. The van der Waals surface area contributed by atoms with Crippen LogP contribution in [0.1, 0.15) is 35.3 Å². The molecule has 134 valence electrons. The van der Waals surface area contributed by atoms with Gasteiger partial charge >= 0.3 is 0 Å². The molecule has 0 fully saturated rings. The van der Waals surface area contributed by atoms with Gasteiger partial charge in [0.1, 0.15) is 0 Å². The Labute approximate surface area is 162 Å². The minimum Gasteiger partial charge on any atom is -0.298 e. The third-order valence-electron chi connectivity index (χ3n) is 4.02. The number of rotatable bonds is 5. The lowest BCUT2D eigenvalue weighted by Crippen LogP contribution is -2.11. The Morgan fingerprint density at radius 1 is 1.08 bits per heavy atom. The van der Waals surface area contributed by atoms with Crippen molar-refractivity contribution in [2.75, 3.05) is 5.32 Å². The number of aryl methyl sites for hydroxylation is 2. The molecule has 0 radical (unpaired) electrons. The molecule has 2 aromatic carbocycles. The topological polar surface area (TPSA) is 42.0 Å². The summed E-state index contributed by atoms with van der Waals surface area (Å²) in [5, 5.41) is 6.01. The second-order valence-corrected chi connectivity index (χ2v) is 8.99. The van der Waals surface area contributed by atoms with Gasteiger partial charge in [0.2, 0.25) is 0 Å². The zero-order valence-electron chi connectivity index (χ0n) is 15.4. The molecule has 0 bridgehead atoms. The molecular formula is C21H22N2OS2. The summed E-state index contributed by atoms with van der Waals surface area (Å²) in [7, 11) is 0. The number of nitrogens with one attached hydrogen (secondary N) is 1. The summed E-state index contributed by atoms with van der Waals surface area (Å²) in [6.45, 7) is 8.49. The van der Waals surface area contributed by atoms with E-state index in [1.54, 1.807) is 11.8 Å². The molecule has 3 nitrogen and oxygen atoms in total. The molecule has 0 saturated heterocycles. The van der Waals surface area contributed by atoms with Crippen molar-refractivity contribution in [2.24, 2.45) is 0 Å². The SMILES string of the molecule is Cc1ccc(-c2csc(NC(=O)c3ccc(SC(C)C)cc3)n2)cc1C. The summed E-state index contributed by atoms with van der Waals surface area (Å²) >= 11 is 3.23. The lowest BCUT2D eigenvalue weighted by Gasteiger charge is -2.06. The van der Waals surface area contributed by atoms with Crippen LogP contribution >= 0.6 is 23.1 Å². The Morgan fingerprint density at radius 3 is 2.46 bits per heavy atom. The van der Waals surface area contributed by atoms with E-state index >= 15 is 0 Å². The molecule has 5 heteroatoms. The second-order valence-electron chi connectivity index (χ2n) is 6.48. The molecule has 1 amide bonds. The average Bonchev–Trinajstić information content (AvgIpc) is 3.06. The first kappa shape index (κ1) is 18.7. The van der Waals surface area contributed by atoms with Crippen LogP contribution in [0, 0.1) is 13.8 Å². The Bertz CT molecular complexity index is 914. The molecule has 3 aromatic rings. The van der Waals surface area contributed by atoms with E-state index in [1.807, 2.05) is 29.6 Å². The maximum Gasteiger partial charge on any atom is 0.257 e. The molecule has 0 saturated carbocycles. The molecule has 0 atom stereocenters. The van der Waals surface area contributed by atoms with Crippen LogP contribution < -0.4 is 5.32 Å². The Balaban J connectivity index is 1.70. The van der Waals surface area contributed by atoms with E-state index in [0.717, 1.165) is 11.3 Å². The van der Waals surface area contributed by atoms with Gasteiger partial charge in [-0.2, -0.15) is 0 Å². The van der Waals surface area contributed by atoms with E-state index in [-0.39, 0.29) is 5.91 Å². The van der Waals surface area contributed by atoms with Gasteiger partial charge < -0.3 is 0 Å². The van der Waals surface area contributed by atoms with Crippen molar-refractivity contribution >= 4 is 34.1 Å². The average molecular weight is 383 g/mol. The van der Waals surface area contributed by atoms with Crippen LogP contribution in [0.4, 0.5) is 5.13 Å². The zero-order chi connectivity index (χ0) is 18.7. The van der Waals surface area contributed by atoms with Gasteiger partial charge in [-0.3, -0.25) is 10.1 Å². The third-order valence-corrected chi connectivity index (χ3v) is 5.79. The normalized spacial score (nSPS) is 11.0. The van der Waals surface area contributed by atoms with Crippen molar-refractivity contribution in [3.63, 3.8) is 0 Å². The van der Waals surface area contributed by atoms with Crippen molar-refractivity contribution in [3.8, 4) is 11.3 Å². The maximum absolute atomic E-state index is 12.4. The predicted molar refractivity (Wildman–Crippen MR) is 112 cm³/mol. The van der Waals surface area contributed by atoms with Crippen LogP contribution in [0.3, 0.4) is 0 Å². The first-order valence-corrected chi connectivity index (χ1v) is 10.3. The molecule has 26 heavy (non-hydrogen) atoms. The predicted octanol–water partition coefficient (Wildman–Crippen LogP) is 6.18. The summed E-state index contributed by atoms with van der Waals surface area (Å²) in [6, 6.07) is 14.0. The number of hydrogen-bond donors (Lipinski definition) is 1. The van der Waals surface area contributed by atoms with Crippen LogP contribution in [0.25, 0.3) is 11.3 Å². The Hall–Kier alpha value is -2.11. The molecule has 1 heterocycles. The van der Waals surface area contributed by atoms with Crippen LogP contribution in [0.2, 0.25) is 0 Å². The highest BCUT2D eigenvalue weighted by atomic mass is 32.2. The Kier molecular flexibility index (Phi) is 5.79. The number of thiazole rings is 1. The molecular weight excluding hydrogens is 360 g/mol. The molecule has 1 aromatic heterocycles. The van der Waals surface area contributed by atoms with E-state index in [2.05, 4.69) is 56.2 Å². The summed E-state index contributed by atoms with van der Waals surface area (Å²) in [6.07, 6.45) is 0. The second kappa shape index (κ2) is 8.06. The molecule has 1 N–H and O–H groups in total. The van der Waals surface area contributed by atoms with E-state index < -0.39 is 0 Å². The number of aromatic nitrogens is 1. The number of nitrogens with zero attached hydrogens (tertiary/aromatic N) is 1. The van der Waals surface area contributed by atoms with Crippen molar-refractivity contribution in [2.45, 2.75) is 37.8 Å². The van der Waals surface area contributed by atoms with E-state index in [4.69, 9.17) is 0 Å². The van der Waals surface area contributed by atoms with Gasteiger partial charge in [-0.15, -0.1) is 23.1 Å². The van der Waals surface area contributed by atoms with E-state index in [1.165, 1.54) is 27.4 Å². The van der Waals surface area contributed by atoms with Gasteiger partial charge in [0.05, 0.1) is 5.69 Å². The quantitative estimate of drug-likeness (QED) is 0.536. The Morgan fingerprint density at radius 2 is 1.81 bits per heavy atom. The third kappa shape index (κ3) is 4.54. The zero-order valence-corrected chi connectivity index (χ0v) is 17.0. The van der Waals surface area contributed by atoms with Gasteiger partial charge in [-0.25, -0.2) is 4.98 Å². The van der Waals surface area contributed by atoms with Gasteiger partial charge in [0.15, 0.2) is 5.13 Å². The monoisotopic (exact) mass is 382 g/mol. The smallest absolute Gasteiger partial charge is 0.257 e. The fourth-order valence-electron chi connectivity index (χ4n) is 2.49. The number of carbonyl (C=O) groups excluding carboxylic acids is 1. The summed E-state index contributed by atoms with van der Waals surface area (Å²) in [5.74, 6) is -0.132. The standard InChI is InChI=1S/C21H22N2OS2/c1-13(2)26-18-9-7-16(8-10-18)20(24)23-21-22-19(12-25-21)17-6-5-14(3)15(4)11-17/h5-13H,1-4H3,(H,22,23,24). The van der Waals surface area contributed by atoms with E-state index in [9.17, 15) is 4.79 Å². The summed E-state index contributed by atoms with van der Waals surface area (Å²) in [4.78, 5) is 18.2. The van der Waals surface area contributed by atoms with Crippen LogP contribution in [-0.2, 0) is 0 Å². The lowest BCUT2D eigenvalue weighted by molar-refractivity contribution is 0.102. The molecule has 0 aliphatic carbocycles. The molecule has 0 unspecified atom stereocenters. The number of anilines is 1. The molecule has 0 spiro atoms. The van der Waals surface area contributed by atoms with Crippen LogP contribution in [0.15, 0.2) is 52.7 Å². The molecule has 0 aliphatic heterocycles. The summed E-state index contributed by atoms with van der Waals surface area (Å²) < 4.78 is 0. The minimum atomic E-state index is -0.132. The van der Waals surface area contributed by atoms with Crippen molar-refractivity contribution in [1.82, 2.24) is 4.98 Å². The lowest BCUT2D eigenvalue weighted by atomic mass is 10.1. The first-order valence-electron chi connectivity index (χ1n) is 8.53. The highest BCUT2D eigenvalue weighted by Crippen LogP contribution is 2.27. The highest BCUT2D eigenvalue weighted by molar-refractivity contribution is 7.99. The molecule has 3 rings (SSSR count). The van der Waals surface area contributed by atoms with Crippen molar-refractivity contribution in [1.29, 1.82) is 0 Å². The van der Waals surface area contributed by atoms with Crippen LogP contribution in [0.5, 0.6) is 0 Å². The number of thioether (sulfide) groups is 1. The van der Waals surface area contributed by atoms with Gasteiger partial charge in [0.25, 0.3) is 5.91 Å². The van der Waals surface area contributed by atoms with Crippen molar-refractivity contribution < 1.29 is 4.79 Å². The van der Waals surface area contributed by atoms with E-state index in [0.29, 0.717) is 15.9 Å². The highest BCUT2D eigenvalue weighted by Gasteiger charge is 2.11. The maximum atomic E-state index is 12.4.